The van der Waals surface area contributed by atoms with Crippen LogP contribution in [-0.4, -0.2) is 32.5 Å². The Labute approximate surface area is 100 Å². The van der Waals surface area contributed by atoms with Crippen LogP contribution in [0, 0.1) is 17.4 Å². The fourth-order valence-electron chi connectivity index (χ4n) is 1.93. The molecule has 16 heavy (non-hydrogen) atoms. The molecule has 1 aliphatic rings. The van der Waals surface area contributed by atoms with Crippen molar-refractivity contribution in [3.05, 3.63) is 0 Å². The van der Waals surface area contributed by atoms with Crippen LogP contribution in [0.1, 0.15) is 25.7 Å². The minimum Gasteiger partial charge on any atom is -0.345 e. The maximum Gasteiger partial charge on any atom is 0.225 e. The Balaban J connectivity index is 2.21. The molecule has 1 fully saturated rings. The Morgan fingerprint density at radius 2 is 2.12 bits per heavy atom. The molecule has 3 heteroatoms. The number of likely N-dealkylation sites (tertiary alicyclic amines) is 1. The van der Waals surface area contributed by atoms with Gasteiger partial charge in [-0.05, 0) is 19.3 Å². The second-order valence-corrected chi connectivity index (χ2v) is 10.4. The van der Waals surface area contributed by atoms with E-state index in [1.165, 1.54) is 0 Å². The molecule has 0 radical (unpaired) electrons. The van der Waals surface area contributed by atoms with Crippen molar-refractivity contribution in [3.63, 3.8) is 0 Å². The van der Waals surface area contributed by atoms with E-state index < -0.39 is 8.07 Å². The second kappa shape index (κ2) is 5.54. The van der Waals surface area contributed by atoms with Crippen LogP contribution >= 0.6 is 0 Å². The first-order chi connectivity index (χ1) is 7.40. The minimum absolute atomic E-state index is 0.277. The van der Waals surface area contributed by atoms with Crippen LogP contribution in [0.2, 0.25) is 19.6 Å². The maximum atomic E-state index is 11.6. The average molecular weight is 237 g/mol. The third kappa shape index (κ3) is 4.40. The summed E-state index contributed by atoms with van der Waals surface area (Å²) in [5, 5.41) is 0. The number of hydrogen-bond acceptors (Lipinski definition) is 1. The molecule has 0 aromatic carbocycles. The van der Waals surface area contributed by atoms with Gasteiger partial charge in [0, 0.05) is 25.9 Å². The smallest absolute Gasteiger partial charge is 0.225 e. The number of nitrogens with zero attached hydrogens (tertiary/aromatic N) is 1. The van der Waals surface area contributed by atoms with Gasteiger partial charge in [-0.15, -0.1) is 11.5 Å². The number of hydrogen-bond donors (Lipinski definition) is 0. The Kier molecular flexibility index (Phi) is 4.61. The molecule has 1 rings (SSSR count). The van der Waals surface area contributed by atoms with E-state index >= 15 is 0 Å². The van der Waals surface area contributed by atoms with Crippen LogP contribution in [0.4, 0.5) is 0 Å². The number of amides is 1. The molecular weight excluding hydrogens is 214 g/mol. The predicted molar refractivity (Wildman–Crippen MR) is 70.7 cm³/mol. The number of carbonyl (C=O) groups excluding carboxylic acids is 1. The molecule has 1 amide bonds. The van der Waals surface area contributed by atoms with E-state index in [9.17, 15) is 4.79 Å². The highest BCUT2D eigenvalue weighted by Crippen LogP contribution is 2.21. The van der Waals surface area contributed by atoms with Gasteiger partial charge in [0.15, 0.2) is 0 Å². The second-order valence-electron chi connectivity index (χ2n) is 5.69. The molecule has 0 aromatic heterocycles. The van der Waals surface area contributed by atoms with E-state index in [0.29, 0.717) is 5.91 Å². The minimum atomic E-state index is -1.20. The highest BCUT2D eigenvalue weighted by molar-refractivity contribution is 6.83. The van der Waals surface area contributed by atoms with Gasteiger partial charge < -0.3 is 4.90 Å². The molecule has 2 nitrogen and oxygen atoms in total. The topological polar surface area (TPSA) is 20.3 Å². The molecular formula is C13H23NOSi. The van der Waals surface area contributed by atoms with E-state index in [0.717, 1.165) is 32.2 Å². The standard InChI is InChI=1S/C13H23NOSi/c1-14-10-9-12(13(14)15)8-6-5-7-11-16(2,3)4/h12H,5-6,8-10H2,1-4H3. The molecule has 90 valence electrons. The van der Waals surface area contributed by atoms with Crippen molar-refractivity contribution in [2.24, 2.45) is 5.92 Å². The Bertz CT molecular complexity index is 308. The molecule has 0 saturated carbocycles. The molecule has 1 aliphatic heterocycles. The van der Waals surface area contributed by atoms with Gasteiger partial charge in [-0.1, -0.05) is 19.6 Å². The maximum absolute atomic E-state index is 11.6. The van der Waals surface area contributed by atoms with E-state index in [2.05, 4.69) is 31.1 Å². The number of rotatable bonds is 3. The van der Waals surface area contributed by atoms with Crippen molar-refractivity contribution in [2.75, 3.05) is 13.6 Å². The van der Waals surface area contributed by atoms with Gasteiger partial charge in [-0.3, -0.25) is 4.79 Å². The largest absolute Gasteiger partial charge is 0.345 e. The highest BCUT2D eigenvalue weighted by Gasteiger charge is 2.27. The summed E-state index contributed by atoms with van der Waals surface area (Å²) in [6, 6.07) is 0. The van der Waals surface area contributed by atoms with Crippen LogP contribution in [0.25, 0.3) is 0 Å². The Morgan fingerprint density at radius 3 is 2.62 bits per heavy atom. The van der Waals surface area contributed by atoms with Crippen molar-refractivity contribution in [1.29, 1.82) is 0 Å². The molecule has 0 bridgehead atoms. The predicted octanol–water partition coefficient (Wildman–Crippen LogP) is 2.52. The van der Waals surface area contributed by atoms with Crippen LogP contribution < -0.4 is 0 Å². The molecule has 1 atom stereocenters. The normalized spacial score (nSPS) is 20.9. The third-order valence-corrected chi connectivity index (χ3v) is 3.78. The van der Waals surface area contributed by atoms with Gasteiger partial charge in [-0.2, -0.15) is 0 Å². The quantitative estimate of drug-likeness (QED) is 0.419. The van der Waals surface area contributed by atoms with Crippen molar-refractivity contribution in [2.45, 2.75) is 45.3 Å². The summed E-state index contributed by atoms with van der Waals surface area (Å²) in [5.74, 6) is 3.87. The molecule has 0 spiro atoms. The van der Waals surface area contributed by atoms with Gasteiger partial charge in [0.2, 0.25) is 5.91 Å². The van der Waals surface area contributed by atoms with Gasteiger partial charge in [0.25, 0.3) is 0 Å². The summed E-state index contributed by atoms with van der Waals surface area (Å²) in [5.41, 5.74) is 3.36. The fourth-order valence-corrected chi connectivity index (χ4v) is 2.58. The average Bonchev–Trinajstić information content (AvgIpc) is 2.47. The van der Waals surface area contributed by atoms with E-state index in [1.807, 2.05) is 11.9 Å². The lowest BCUT2D eigenvalue weighted by Crippen LogP contribution is -2.22. The summed E-state index contributed by atoms with van der Waals surface area (Å²) < 4.78 is 0. The van der Waals surface area contributed by atoms with Gasteiger partial charge in [0.05, 0.1) is 0 Å². The lowest BCUT2D eigenvalue weighted by molar-refractivity contribution is -0.130. The Hall–Kier alpha value is -0.753. The highest BCUT2D eigenvalue weighted by atomic mass is 28.3. The number of carbonyl (C=O) groups is 1. The van der Waals surface area contributed by atoms with E-state index in [-0.39, 0.29) is 5.92 Å². The van der Waals surface area contributed by atoms with E-state index in [4.69, 9.17) is 0 Å². The van der Waals surface area contributed by atoms with Gasteiger partial charge >= 0.3 is 0 Å². The molecule has 1 heterocycles. The molecule has 1 unspecified atom stereocenters. The third-order valence-electron chi connectivity index (χ3n) is 2.86. The first kappa shape index (κ1) is 13.3. The summed E-state index contributed by atoms with van der Waals surface area (Å²) >= 11 is 0. The zero-order chi connectivity index (χ0) is 12.2. The monoisotopic (exact) mass is 237 g/mol. The van der Waals surface area contributed by atoms with Gasteiger partial charge in [0.1, 0.15) is 8.07 Å². The van der Waals surface area contributed by atoms with Crippen molar-refractivity contribution < 1.29 is 4.79 Å². The zero-order valence-electron chi connectivity index (χ0n) is 11.0. The first-order valence-electron chi connectivity index (χ1n) is 6.15. The molecule has 0 aromatic rings. The van der Waals surface area contributed by atoms with Crippen LogP contribution in [0.5, 0.6) is 0 Å². The summed E-state index contributed by atoms with van der Waals surface area (Å²) in [6.07, 6.45) is 4.08. The van der Waals surface area contributed by atoms with Crippen LogP contribution in [0.3, 0.4) is 0 Å². The lowest BCUT2D eigenvalue weighted by atomic mass is 10.0. The number of unbranched alkanes of at least 4 members (excludes halogenated alkanes) is 1. The summed E-state index contributed by atoms with van der Waals surface area (Å²) in [7, 11) is 0.697. The van der Waals surface area contributed by atoms with Crippen LogP contribution in [-0.2, 0) is 4.79 Å². The van der Waals surface area contributed by atoms with Crippen molar-refractivity contribution in [3.8, 4) is 11.5 Å². The van der Waals surface area contributed by atoms with Crippen molar-refractivity contribution in [1.82, 2.24) is 4.90 Å². The SMILES string of the molecule is CN1CCC(CCCC#C[Si](C)(C)C)C1=O. The van der Waals surface area contributed by atoms with E-state index in [1.54, 1.807) is 0 Å². The summed E-state index contributed by atoms with van der Waals surface area (Å²) in [6.45, 7) is 7.71. The first-order valence-corrected chi connectivity index (χ1v) is 9.65. The lowest BCUT2D eigenvalue weighted by Gasteiger charge is -2.09. The Morgan fingerprint density at radius 1 is 1.44 bits per heavy atom. The van der Waals surface area contributed by atoms with Gasteiger partial charge in [-0.25, -0.2) is 0 Å². The molecule has 0 aliphatic carbocycles. The van der Waals surface area contributed by atoms with Crippen LogP contribution in [0.15, 0.2) is 0 Å². The fraction of sp³-hybridized carbons (Fsp3) is 0.769. The summed E-state index contributed by atoms with van der Waals surface area (Å²) in [4.78, 5) is 13.5. The molecule has 1 saturated heterocycles. The van der Waals surface area contributed by atoms with Crippen molar-refractivity contribution >= 4 is 14.0 Å². The zero-order valence-corrected chi connectivity index (χ0v) is 12.0. The molecule has 0 N–H and O–H groups in total.